The molecule has 21 heavy (non-hydrogen) atoms. The van der Waals surface area contributed by atoms with Crippen LogP contribution in [0.3, 0.4) is 0 Å². The van der Waals surface area contributed by atoms with E-state index in [1.54, 1.807) is 0 Å². The molecule has 0 radical (unpaired) electrons. The molecule has 1 rings (SSSR count). The van der Waals surface area contributed by atoms with Crippen LogP contribution in [0.1, 0.15) is 25.7 Å². The predicted molar refractivity (Wildman–Crippen MR) is 71.8 cm³/mol. The molecule has 0 aromatic rings. The zero-order chi connectivity index (χ0) is 16.0. The van der Waals surface area contributed by atoms with Gasteiger partial charge in [-0.2, -0.15) is 0 Å². The first-order valence-electron chi connectivity index (χ1n) is 6.66. The summed E-state index contributed by atoms with van der Waals surface area (Å²) >= 11 is 0. The topological polar surface area (TPSA) is 156 Å². The minimum Gasteiger partial charge on any atom is -0.480 e. The third-order valence-corrected chi connectivity index (χ3v) is 3.27. The van der Waals surface area contributed by atoms with Gasteiger partial charge in [0.15, 0.2) is 0 Å². The second-order valence-electron chi connectivity index (χ2n) is 4.91. The van der Waals surface area contributed by atoms with Crippen molar-refractivity contribution in [1.82, 2.24) is 10.2 Å². The third kappa shape index (κ3) is 5.03. The van der Waals surface area contributed by atoms with Gasteiger partial charge in [0.25, 0.3) is 0 Å². The number of nitrogens with one attached hydrogen (secondary N) is 1. The van der Waals surface area contributed by atoms with Crippen LogP contribution >= 0.6 is 0 Å². The number of carboxylic acid groups (broad SMARTS) is 1. The van der Waals surface area contributed by atoms with Gasteiger partial charge in [0.2, 0.25) is 17.7 Å². The smallest absolute Gasteiger partial charge is 0.322 e. The first-order valence-corrected chi connectivity index (χ1v) is 6.66. The summed E-state index contributed by atoms with van der Waals surface area (Å²) in [6.45, 7) is -0.112. The highest BCUT2D eigenvalue weighted by Gasteiger charge is 2.36. The van der Waals surface area contributed by atoms with Crippen LogP contribution in [-0.2, 0) is 19.2 Å². The number of nitrogens with zero attached hydrogens (tertiary/aromatic N) is 1. The number of primary amides is 1. The SMILES string of the molecule is NC(=O)CCC(N)C(=O)N1CCC[C@H]1C(=O)NCC(=O)O. The summed E-state index contributed by atoms with van der Waals surface area (Å²) in [7, 11) is 0. The highest BCUT2D eigenvalue weighted by Crippen LogP contribution is 2.19. The van der Waals surface area contributed by atoms with E-state index >= 15 is 0 Å². The number of rotatable bonds is 7. The lowest BCUT2D eigenvalue weighted by Crippen LogP contribution is -2.51. The molecule has 1 unspecified atom stereocenters. The summed E-state index contributed by atoms with van der Waals surface area (Å²) in [5.74, 6) is -2.64. The van der Waals surface area contributed by atoms with E-state index in [0.717, 1.165) is 0 Å². The first-order chi connectivity index (χ1) is 9.82. The van der Waals surface area contributed by atoms with Gasteiger partial charge in [0.05, 0.1) is 6.04 Å². The number of carbonyl (C=O) groups is 4. The standard InChI is InChI=1S/C12H20N4O5/c13-7(3-4-9(14)17)12(21)16-5-1-2-8(16)11(20)15-6-10(18)19/h7-8H,1-6,13H2,(H2,14,17)(H,15,20)(H,18,19)/t7?,8-/m0/s1. The molecular formula is C12H20N4O5. The molecule has 9 nitrogen and oxygen atoms in total. The van der Waals surface area contributed by atoms with Gasteiger partial charge in [0.1, 0.15) is 12.6 Å². The molecule has 3 amide bonds. The summed E-state index contributed by atoms with van der Waals surface area (Å²) < 4.78 is 0. The van der Waals surface area contributed by atoms with Crippen molar-refractivity contribution in [2.24, 2.45) is 11.5 Å². The number of hydrogen-bond acceptors (Lipinski definition) is 5. The molecule has 1 aliphatic rings. The Balaban J connectivity index is 2.59. The second kappa shape index (κ2) is 7.58. The Morgan fingerprint density at radius 3 is 2.57 bits per heavy atom. The normalized spacial score (nSPS) is 19.1. The van der Waals surface area contributed by atoms with Gasteiger partial charge in [0, 0.05) is 13.0 Å². The van der Waals surface area contributed by atoms with Crippen LogP contribution in [0.25, 0.3) is 0 Å². The van der Waals surface area contributed by atoms with E-state index in [9.17, 15) is 19.2 Å². The Morgan fingerprint density at radius 2 is 2.00 bits per heavy atom. The van der Waals surface area contributed by atoms with Crippen molar-refractivity contribution in [1.29, 1.82) is 0 Å². The molecule has 2 atom stereocenters. The molecular weight excluding hydrogens is 280 g/mol. The van der Waals surface area contributed by atoms with Crippen LogP contribution in [0.5, 0.6) is 0 Å². The Bertz CT molecular complexity index is 439. The van der Waals surface area contributed by atoms with E-state index in [2.05, 4.69) is 5.32 Å². The van der Waals surface area contributed by atoms with Gasteiger partial charge >= 0.3 is 5.97 Å². The number of likely N-dealkylation sites (tertiary alicyclic amines) is 1. The summed E-state index contributed by atoms with van der Waals surface area (Å²) in [4.78, 5) is 46.5. The van der Waals surface area contributed by atoms with E-state index in [-0.39, 0.29) is 12.8 Å². The summed E-state index contributed by atoms with van der Waals surface area (Å²) in [6.07, 6.45) is 1.21. The number of carboxylic acids is 1. The van der Waals surface area contributed by atoms with Crippen molar-refractivity contribution in [3.05, 3.63) is 0 Å². The van der Waals surface area contributed by atoms with Crippen molar-refractivity contribution in [3.63, 3.8) is 0 Å². The van der Waals surface area contributed by atoms with Gasteiger partial charge in [-0.1, -0.05) is 0 Å². The second-order valence-corrected chi connectivity index (χ2v) is 4.91. The van der Waals surface area contributed by atoms with Crippen LogP contribution in [0.2, 0.25) is 0 Å². The fourth-order valence-corrected chi connectivity index (χ4v) is 2.22. The Labute approximate surface area is 121 Å². The number of hydrogen-bond donors (Lipinski definition) is 4. The molecule has 0 spiro atoms. The molecule has 1 heterocycles. The van der Waals surface area contributed by atoms with Crippen LogP contribution < -0.4 is 16.8 Å². The maximum Gasteiger partial charge on any atom is 0.322 e. The fraction of sp³-hybridized carbons (Fsp3) is 0.667. The lowest BCUT2D eigenvalue weighted by Gasteiger charge is -2.26. The number of nitrogens with two attached hydrogens (primary N) is 2. The van der Waals surface area contributed by atoms with Gasteiger partial charge in [-0.05, 0) is 19.3 Å². The Kier molecular flexibility index (Phi) is 6.10. The quantitative estimate of drug-likeness (QED) is 0.417. The molecule has 1 fully saturated rings. The van der Waals surface area contributed by atoms with E-state index in [0.29, 0.717) is 19.4 Å². The number of carbonyl (C=O) groups excluding carboxylic acids is 3. The minimum atomic E-state index is -1.16. The van der Waals surface area contributed by atoms with E-state index in [4.69, 9.17) is 16.6 Å². The summed E-state index contributed by atoms with van der Waals surface area (Å²) in [5, 5.41) is 10.8. The molecule has 0 bridgehead atoms. The van der Waals surface area contributed by atoms with Crippen LogP contribution in [0, 0.1) is 0 Å². The average Bonchev–Trinajstić information content (AvgIpc) is 2.90. The molecule has 0 aromatic heterocycles. The van der Waals surface area contributed by atoms with Crippen LogP contribution in [-0.4, -0.2) is 58.9 Å². The predicted octanol–water partition coefficient (Wildman–Crippen LogP) is -2.23. The minimum absolute atomic E-state index is 0.00335. The third-order valence-electron chi connectivity index (χ3n) is 3.27. The average molecular weight is 300 g/mol. The molecule has 118 valence electrons. The maximum absolute atomic E-state index is 12.2. The fourth-order valence-electron chi connectivity index (χ4n) is 2.22. The molecule has 6 N–H and O–H groups in total. The largest absolute Gasteiger partial charge is 0.480 e. The zero-order valence-electron chi connectivity index (χ0n) is 11.6. The Hall–Kier alpha value is -2.16. The van der Waals surface area contributed by atoms with E-state index in [1.807, 2.05) is 0 Å². The molecule has 0 aliphatic carbocycles. The van der Waals surface area contributed by atoms with E-state index < -0.39 is 42.3 Å². The highest BCUT2D eigenvalue weighted by atomic mass is 16.4. The van der Waals surface area contributed by atoms with Crippen LogP contribution in [0.4, 0.5) is 0 Å². The summed E-state index contributed by atoms with van der Waals surface area (Å²) in [5.41, 5.74) is 10.7. The van der Waals surface area contributed by atoms with Crippen molar-refractivity contribution in [2.75, 3.05) is 13.1 Å². The lowest BCUT2D eigenvalue weighted by molar-refractivity contribution is -0.141. The monoisotopic (exact) mass is 300 g/mol. The maximum atomic E-state index is 12.2. The number of aliphatic carboxylic acids is 1. The van der Waals surface area contributed by atoms with Gasteiger partial charge in [-0.3, -0.25) is 19.2 Å². The van der Waals surface area contributed by atoms with Crippen molar-refractivity contribution in [2.45, 2.75) is 37.8 Å². The summed E-state index contributed by atoms with van der Waals surface area (Å²) in [6, 6.07) is -1.61. The molecule has 0 saturated carbocycles. The zero-order valence-corrected chi connectivity index (χ0v) is 11.6. The van der Waals surface area contributed by atoms with Gasteiger partial charge in [-0.15, -0.1) is 0 Å². The highest BCUT2D eigenvalue weighted by molar-refractivity contribution is 5.91. The van der Waals surface area contributed by atoms with Crippen LogP contribution in [0.15, 0.2) is 0 Å². The molecule has 1 aliphatic heterocycles. The van der Waals surface area contributed by atoms with Crippen molar-refractivity contribution >= 4 is 23.7 Å². The van der Waals surface area contributed by atoms with Gasteiger partial charge in [-0.25, -0.2) is 0 Å². The van der Waals surface area contributed by atoms with E-state index in [1.165, 1.54) is 4.90 Å². The first kappa shape index (κ1) is 16.9. The van der Waals surface area contributed by atoms with Crippen molar-refractivity contribution < 1.29 is 24.3 Å². The molecule has 9 heteroatoms. The molecule has 1 saturated heterocycles. The Morgan fingerprint density at radius 1 is 1.33 bits per heavy atom. The number of amides is 3. The lowest BCUT2D eigenvalue weighted by atomic mass is 10.1. The van der Waals surface area contributed by atoms with Gasteiger partial charge < -0.3 is 26.8 Å². The molecule has 0 aromatic carbocycles. The van der Waals surface area contributed by atoms with Crippen molar-refractivity contribution in [3.8, 4) is 0 Å².